The van der Waals surface area contributed by atoms with Crippen molar-refractivity contribution >= 4 is 11.3 Å². The first-order chi connectivity index (χ1) is 9.72. The Morgan fingerprint density at radius 1 is 1.25 bits per heavy atom. The maximum absolute atomic E-state index is 5.49. The number of unbranched alkanes of at least 4 members (excludes halogenated alkanes) is 3. The minimum Gasteiger partial charge on any atom is -0.368 e. The molecule has 2 aromatic rings. The van der Waals surface area contributed by atoms with Crippen LogP contribution >= 0.6 is 0 Å². The summed E-state index contributed by atoms with van der Waals surface area (Å²) in [6.07, 6.45) is 8.38. The fourth-order valence-electron chi connectivity index (χ4n) is 2.19. The average molecular weight is 275 g/mol. The van der Waals surface area contributed by atoms with Gasteiger partial charge in [-0.25, -0.2) is 9.50 Å². The molecule has 0 aliphatic rings. The monoisotopic (exact) mass is 275 g/mol. The molecule has 0 spiro atoms. The van der Waals surface area contributed by atoms with Crippen LogP contribution in [-0.2, 0) is 0 Å². The van der Waals surface area contributed by atoms with Gasteiger partial charge in [0.1, 0.15) is 5.52 Å². The summed E-state index contributed by atoms with van der Waals surface area (Å²) in [6.45, 7) is 6.04. The number of fused-ring (bicyclic) bond motifs is 1. The first-order valence-electron chi connectivity index (χ1n) is 7.50. The minimum atomic E-state index is 0.430. The molecule has 5 nitrogen and oxygen atoms in total. The van der Waals surface area contributed by atoms with E-state index in [1.165, 1.54) is 12.8 Å². The molecule has 0 aromatic carbocycles. The third-order valence-corrected chi connectivity index (χ3v) is 3.42. The summed E-state index contributed by atoms with van der Waals surface area (Å²) in [5.74, 6) is 1.35. The zero-order chi connectivity index (χ0) is 14.4. The van der Waals surface area contributed by atoms with Crippen LogP contribution in [0.4, 0.5) is 5.82 Å². The molecule has 3 N–H and O–H groups in total. The number of rotatable bonds is 8. The van der Waals surface area contributed by atoms with Gasteiger partial charge in [0.2, 0.25) is 0 Å². The van der Waals surface area contributed by atoms with Crippen molar-refractivity contribution < 1.29 is 0 Å². The van der Waals surface area contributed by atoms with Crippen LogP contribution in [0.15, 0.2) is 18.5 Å². The lowest BCUT2D eigenvalue weighted by Crippen LogP contribution is -2.05. The number of nitrogens with two attached hydrogens (primary N) is 1. The highest BCUT2D eigenvalue weighted by Crippen LogP contribution is 2.19. The Balaban J connectivity index is 1.95. The Bertz CT molecular complexity index is 532. The molecule has 20 heavy (non-hydrogen) atoms. The molecular weight excluding hydrogens is 250 g/mol. The Morgan fingerprint density at radius 3 is 2.80 bits per heavy atom. The first kappa shape index (κ1) is 14.8. The smallest absolute Gasteiger partial charge is 0.152 e. The van der Waals surface area contributed by atoms with Crippen molar-refractivity contribution in [1.82, 2.24) is 14.6 Å². The van der Waals surface area contributed by atoms with Crippen LogP contribution in [0.1, 0.15) is 51.1 Å². The number of hydrogen-bond acceptors (Lipinski definition) is 4. The van der Waals surface area contributed by atoms with Crippen molar-refractivity contribution in [2.75, 3.05) is 18.4 Å². The maximum Gasteiger partial charge on any atom is 0.152 e. The third-order valence-electron chi connectivity index (χ3n) is 3.42. The van der Waals surface area contributed by atoms with Crippen molar-refractivity contribution in [1.29, 1.82) is 0 Å². The molecular formula is C15H25N5. The second-order valence-electron chi connectivity index (χ2n) is 5.46. The number of nitrogens with one attached hydrogen (secondary N) is 1. The second-order valence-corrected chi connectivity index (χ2v) is 5.46. The van der Waals surface area contributed by atoms with Gasteiger partial charge in [-0.3, -0.25) is 0 Å². The minimum absolute atomic E-state index is 0.430. The van der Waals surface area contributed by atoms with Gasteiger partial charge in [-0.1, -0.05) is 26.7 Å². The third kappa shape index (κ3) is 3.70. The fourth-order valence-corrected chi connectivity index (χ4v) is 2.19. The largest absolute Gasteiger partial charge is 0.368 e. The van der Waals surface area contributed by atoms with E-state index in [2.05, 4.69) is 35.3 Å². The van der Waals surface area contributed by atoms with E-state index in [4.69, 9.17) is 5.73 Å². The van der Waals surface area contributed by atoms with Gasteiger partial charge in [-0.05, 0) is 31.4 Å². The highest BCUT2D eigenvalue weighted by molar-refractivity contribution is 5.67. The van der Waals surface area contributed by atoms with Crippen molar-refractivity contribution in [3.63, 3.8) is 0 Å². The second kappa shape index (κ2) is 7.24. The predicted octanol–water partition coefficient (Wildman–Crippen LogP) is 2.78. The van der Waals surface area contributed by atoms with E-state index in [1.807, 2.05) is 10.7 Å². The Kier molecular flexibility index (Phi) is 5.35. The molecule has 0 unspecified atom stereocenters. The van der Waals surface area contributed by atoms with Gasteiger partial charge in [0.15, 0.2) is 5.82 Å². The summed E-state index contributed by atoms with van der Waals surface area (Å²) in [6, 6.07) is 2.12. The Labute approximate surface area is 120 Å². The van der Waals surface area contributed by atoms with Gasteiger partial charge in [0.25, 0.3) is 0 Å². The summed E-state index contributed by atoms with van der Waals surface area (Å²) < 4.78 is 1.90. The van der Waals surface area contributed by atoms with Gasteiger partial charge < -0.3 is 11.1 Å². The molecule has 0 fully saturated rings. The molecule has 0 saturated heterocycles. The summed E-state index contributed by atoms with van der Waals surface area (Å²) >= 11 is 0. The number of anilines is 1. The van der Waals surface area contributed by atoms with Crippen LogP contribution < -0.4 is 11.1 Å². The lowest BCUT2D eigenvalue weighted by atomic mass is 10.1. The van der Waals surface area contributed by atoms with Gasteiger partial charge in [0.05, 0.1) is 5.69 Å². The molecule has 2 aromatic heterocycles. The molecule has 5 heteroatoms. The lowest BCUT2D eigenvalue weighted by molar-refractivity contribution is 0.661. The van der Waals surface area contributed by atoms with E-state index in [9.17, 15) is 0 Å². The highest BCUT2D eigenvalue weighted by Gasteiger charge is 2.09. The van der Waals surface area contributed by atoms with E-state index in [0.29, 0.717) is 5.92 Å². The van der Waals surface area contributed by atoms with E-state index in [-0.39, 0.29) is 0 Å². The first-order valence-corrected chi connectivity index (χ1v) is 7.50. The molecule has 0 bridgehead atoms. The summed E-state index contributed by atoms with van der Waals surface area (Å²) in [4.78, 5) is 4.42. The average Bonchev–Trinajstić information content (AvgIpc) is 2.87. The van der Waals surface area contributed by atoms with Crippen LogP contribution in [0, 0.1) is 0 Å². The van der Waals surface area contributed by atoms with E-state index in [1.54, 1.807) is 6.20 Å². The standard InChI is InChI=1S/C15H25N5/c1-12(2)13-11-14-15(18-9-10-20(14)19-13)17-8-6-4-3-5-7-16/h9-12H,3-8,16H2,1-2H3,(H,17,18). The molecule has 2 rings (SSSR count). The van der Waals surface area contributed by atoms with Gasteiger partial charge in [0, 0.05) is 18.9 Å². The Morgan fingerprint density at radius 2 is 2.05 bits per heavy atom. The molecule has 0 aliphatic carbocycles. The van der Waals surface area contributed by atoms with Crippen LogP contribution in [0.5, 0.6) is 0 Å². The van der Waals surface area contributed by atoms with E-state index in [0.717, 1.165) is 43.0 Å². The topological polar surface area (TPSA) is 68.2 Å². The van der Waals surface area contributed by atoms with Gasteiger partial charge in [-0.15, -0.1) is 0 Å². The maximum atomic E-state index is 5.49. The molecule has 0 amide bonds. The SMILES string of the molecule is CC(C)c1cc2c(NCCCCCCN)nccn2n1. The fraction of sp³-hybridized carbons (Fsp3) is 0.600. The van der Waals surface area contributed by atoms with Crippen LogP contribution in [0.2, 0.25) is 0 Å². The molecule has 0 aliphatic heterocycles. The van der Waals surface area contributed by atoms with E-state index >= 15 is 0 Å². The number of hydrogen-bond donors (Lipinski definition) is 2. The van der Waals surface area contributed by atoms with Crippen molar-refractivity contribution in [3.05, 3.63) is 24.2 Å². The summed E-state index contributed by atoms with van der Waals surface area (Å²) in [7, 11) is 0. The van der Waals surface area contributed by atoms with Crippen LogP contribution in [-0.4, -0.2) is 27.7 Å². The molecule has 0 atom stereocenters. The summed E-state index contributed by atoms with van der Waals surface area (Å²) in [5, 5.41) is 7.98. The van der Waals surface area contributed by atoms with Gasteiger partial charge >= 0.3 is 0 Å². The zero-order valence-corrected chi connectivity index (χ0v) is 12.5. The summed E-state index contributed by atoms with van der Waals surface area (Å²) in [5.41, 5.74) is 7.64. The quantitative estimate of drug-likeness (QED) is 0.727. The molecule has 110 valence electrons. The van der Waals surface area contributed by atoms with Crippen molar-refractivity contribution in [2.45, 2.75) is 45.4 Å². The van der Waals surface area contributed by atoms with Gasteiger partial charge in [-0.2, -0.15) is 5.10 Å². The zero-order valence-electron chi connectivity index (χ0n) is 12.5. The molecule has 2 heterocycles. The molecule has 0 saturated carbocycles. The Hall–Kier alpha value is -1.62. The highest BCUT2D eigenvalue weighted by atomic mass is 15.2. The van der Waals surface area contributed by atoms with Crippen LogP contribution in [0.25, 0.3) is 5.52 Å². The van der Waals surface area contributed by atoms with Crippen molar-refractivity contribution in [2.24, 2.45) is 5.73 Å². The van der Waals surface area contributed by atoms with Crippen LogP contribution in [0.3, 0.4) is 0 Å². The normalized spacial score (nSPS) is 11.4. The lowest BCUT2D eigenvalue weighted by Gasteiger charge is -2.06. The number of nitrogens with zero attached hydrogens (tertiary/aromatic N) is 3. The van der Waals surface area contributed by atoms with E-state index < -0.39 is 0 Å². The molecule has 0 radical (unpaired) electrons. The number of aromatic nitrogens is 3. The van der Waals surface area contributed by atoms with Crippen molar-refractivity contribution in [3.8, 4) is 0 Å². The predicted molar refractivity (Wildman–Crippen MR) is 83.1 cm³/mol.